The van der Waals surface area contributed by atoms with Crippen molar-refractivity contribution in [2.24, 2.45) is 0 Å². The Kier molecular flexibility index (Phi) is 2.68. The summed E-state index contributed by atoms with van der Waals surface area (Å²) in [5.74, 6) is 0.0790. The van der Waals surface area contributed by atoms with Crippen LogP contribution in [0.5, 0.6) is 0 Å². The third-order valence-electron chi connectivity index (χ3n) is 1.83. The minimum absolute atomic E-state index is 0.0329. The molecule has 5 nitrogen and oxygen atoms in total. The molecule has 1 aromatic heterocycles. The zero-order chi connectivity index (χ0) is 10.7. The number of aliphatic hydroxyl groups excluding tert-OH is 1. The van der Waals surface area contributed by atoms with Gasteiger partial charge >= 0.3 is 0 Å². The average molecular weight is 208 g/mol. The summed E-state index contributed by atoms with van der Waals surface area (Å²) in [6.07, 6.45) is 0.343. The van der Waals surface area contributed by atoms with Crippen LogP contribution in [-0.2, 0) is 6.42 Å². The highest BCUT2D eigenvalue weighted by Gasteiger charge is 2.04. The lowest BCUT2D eigenvalue weighted by Crippen LogP contribution is -2.00. The monoisotopic (exact) mass is 208 g/mol. The lowest BCUT2D eigenvalue weighted by atomic mass is 10.3. The summed E-state index contributed by atoms with van der Waals surface area (Å²) >= 11 is 0. The Morgan fingerprint density at radius 2 is 2.27 bits per heavy atom. The second-order valence-corrected chi connectivity index (χ2v) is 2.95. The van der Waals surface area contributed by atoms with Crippen molar-refractivity contribution in [3.63, 3.8) is 0 Å². The molecule has 1 heterocycles. The van der Waals surface area contributed by atoms with E-state index in [0.29, 0.717) is 17.9 Å². The van der Waals surface area contributed by atoms with Gasteiger partial charge in [0.2, 0.25) is 0 Å². The zero-order valence-corrected chi connectivity index (χ0v) is 7.84. The number of hydrogen-bond donors (Lipinski definition) is 1. The molecule has 2 aromatic rings. The predicted molar refractivity (Wildman–Crippen MR) is 49.9 cm³/mol. The van der Waals surface area contributed by atoms with E-state index in [1.54, 1.807) is 12.1 Å². The van der Waals surface area contributed by atoms with Crippen molar-refractivity contribution >= 4 is 0 Å². The largest absolute Gasteiger partial charge is 0.396 e. The number of halogens is 1. The first-order chi connectivity index (χ1) is 7.29. The Balaban J connectivity index is 2.29. The molecule has 0 bridgehead atoms. The van der Waals surface area contributed by atoms with E-state index >= 15 is 0 Å². The molecule has 2 rings (SSSR count). The van der Waals surface area contributed by atoms with Crippen molar-refractivity contribution in [3.8, 4) is 5.69 Å². The second-order valence-electron chi connectivity index (χ2n) is 2.95. The van der Waals surface area contributed by atoms with E-state index in [1.165, 1.54) is 16.9 Å². The fourth-order valence-electron chi connectivity index (χ4n) is 1.15. The van der Waals surface area contributed by atoms with Gasteiger partial charge in [0.15, 0.2) is 5.82 Å². The maximum absolute atomic E-state index is 12.9. The van der Waals surface area contributed by atoms with Crippen molar-refractivity contribution < 1.29 is 9.50 Å². The lowest BCUT2D eigenvalue weighted by molar-refractivity contribution is 0.296. The molecule has 0 unspecified atom stereocenters. The van der Waals surface area contributed by atoms with Gasteiger partial charge in [-0.05, 0) is 17.3 Å². The summed E-state index contributed by atoms with van der Waals surface area (Å²) in [6, 6.07) is 5.90. The Hall–Kier alpha value is -1.82. The topological polar surface area (TPSA) is 63.8 Å². The Labute approximate surface area is 85.2 Å². The Morgan fingerprint density at radius 3 is 3.00 bits per heavy atom. The van der Waals surface area contributed by atoms with Crippen LogP contribution in [0.1, 0.15) is 5.82 Å². The number of nitrogens with zero attached hydrogens (tertiary/aromatic N) is 4. The van der Waals surface area contributed by atoms with E-state index < -0.39 is 0 Å². The number of rotatable bonds is 3. The SMILES string of the molecule is OCCc1nnn(-c2cccc(F)c2)n1. The lowest BCUT2D eigenvalue weighted by Gasteiger charge is -1.96. The highest BCUT2D eigenvalue weighted by molar-refractivity contribution is 5.29. The molecule has 0 aliphatic rings. The van der Waals surface area contributed by atoms with Crippen LogP contribution in [0.15, 0.2) is 24.3 Å². The molecular formula is C9H9FN4O. The van der Waals surface area contributed by atoms with Crippen molar-refractivity contribution in [3.05, 3.63) is 35.9 Å². The maximum atomic E-state index is 12.9. The van der Waals surface area contributed by atoms with Gasteiger partial charge in [0.1, 0.15) is 5.82 Å². The average Bonchev–Trinajstić information content (AvgIpc) is 2.67. The van der Waals surface area contributed by atoms with E-state index in [0.717, 1.165) is 0 Å². The first-order valence-electron chi connectivity index (χ1n) is 4.45. The molecule has 0 radical (unpaired) electrons. The standard InChI is InChI=1S/C9H9FN4O/c10-7-2-1-3-8(6-7)14-12-9(4-5-15)11-13-14/h1-3,6,15H,4-5H2. The zero-order valence-electron chi connectivity index (χ0n) is 7.84. The van der Waals surface area contributed by atoms with Crippen LogP contribution in [0, 0.1) is 5.82 Å². The highest BCUT2D eigenvalue weighted by atomic mass is 19.1. The normalized spacial score (nSPS) is 10.5. The Morgan fingerprint density at radius 1 is 1.40 bits per heavy atom. The molecule has 0 aliphatic heterocycles. The minimum Gasteiger partial charge on any atom is -0.396 e. The molecule has 0 atom stereocenters. The molecule has 0 aliphatic carbocycles. The van der Waals surface area contributed by atoms with Gasteiger partial charge in [-0.15, -0.1) is 15.0 Å². The minimum atomic E-state index is -0.353. The van der Waals surface area contributed by atoms with Crippen LogP contribution >= 0.6 is 0 Å². The molecule has 6 heteroatoms. The molecule has 0 fully saturated rings. The molecule has 0 saturated carbocycles. The fraction of sp³-hybridized carbons (Fsp3) is 0.222. The predicted octanol–water partition coefficient (Wildman–Crippen LogP) is 0.336. The summed E-state index contributed by atoms with van der Waals surface area (Å²) in [5.41, 5.74) is 0.506. The van der Waals surface area contributed by atoms with Crippen LogP contribution in [0.3, 0.4) is 0 Å². The number of benzene rings is 1. The van der Waals surface area contributed by atoms with Crippen molar-refractivity contribution in [2.45, 2.75) is 6.42 Å². The van der Waals surface area contributed by atoms with Gasteiger partial charge in [0.25, 0.3) is 0 Å². The summed E-state index contributed by atoms with van der Waals surface area (Å²) in [6.45, 7) is -0.0329. The van der Waals surface area contributed by atoms with Crippen LogP contribution in [-0.4, -0.2) is 31.9 Å². The fourth-order valence-corrected chi connectivity index (χ4v) is 1.15. The van der Waals surface area contributed by atoms with Gasteiger partial charge < -0.3 is 5.11 Å². The molecule has 0 amide bonds. The van der Waals surface area contributed by atoms with Crippen molar-refractivity contribution in [2.75, 3.05) is 6.61 Å². The van der Waals surface area contributed by atoms with Gasteiger partial charge in [0.05, 0.1) is 12.3 Å². The smallest absolute Gasteiger partial charge is 0.177 e. The van der Waals surface area contributed by atoms with E-state index in [1.807, 2.05) is 0 Å². The third-order valence-corrected chi connectivity index (χ3v) is 1.83. The number of tetrazole rings is 1. The van der Waals surface area contributed by atoms with E-state index in [2.05, 4.69) is 15.4 Å². The molecule has 1 N–H and O–H groups in total. The van der Waals surface area contributed by atoms with Crippen LogP contribution in [0.2, 0.25) is 0 Å². The van der Waals surface area contributed by atoms with Crippen molar-refractivity contribution in [1.82, 2.24) is 20.2 Å². The molecular weight excluding hydrogens is 199 g/mol. The first kappa shape index (κ1) is 9.72. The highest BCUT2D eigenvalue weighted by Crippen LogP contribution is 2.06. The van der Waals surface area contributed by atoms with Crippen LogP contribution in [0.25, 0.3) is 5.69 Å². The molecule has 1 aromatic carbocycles. The number of aromatic nitrogens is 4. The number of aliphatic hydroxyl groups is 1. The van der Waals surface area contributed by atoms with Gasteiger partial charge in [0, 0.05) is 12.5 Å². The summed E-state index contributed by atoms with van der Waals surface area (Å²) in [4.78, 5) is 1.23. The van der Waals surface area contributed by atoms with E-state index in [9.17, 15) is 4.39 Å². The van der Waals surface area contributed by atoms with Crippen molar-refractivity contribution in [1.29, 1.82) is 0 Å². The maximum Gasteiger partial charge on any atom is 0.177 e. The first-order valence-corrected chi connectivity index (χ1v) is 4.45. The van der Waals surface area contributed by atoms with E-state index in [-0.39, 0.29) is 12.4 Å². The van der Waals surface area contributed by atoms with Crippen LogP contribution < -0.4 is 0 Å². The van der Waals surface area contributed by atoms with Gasteiger partial charge in [-0.1, -0.05) is 6.07 Å². The molecule has 78 valence electrons. The summed E-state index contributed by atoms with van der Waals surface area (Å²) in [5, 5.41) is 20.1. The van der Waals surface area contributed by atoms with Gasteiger partial charge in [-0.2, -0.15) is 0 Å². The molecule has 15 heavy (non-hydrogen) atoms. The number of hydrogen-bond acceptors (Lipinski definition) is 4. The molecule has 0 saturated heterocycles. The quantitative estimate of drug-likeness (QED) is 0.789. The summed E-state index contributed by atoms with van der Waals surface area (Å²) < 4.78 is 12.9. The van der Waals surface area contributed by atoms with E-state index in [4.69, 9.17) is 5.11 Å². The van der Waals surface area contributed by atoms with Crippen LogP contribution in [0.4, 0.5) is 4.39 Å². The van der Waals surface area contributed by atoms with Gasteiger partial charge in [-0.3, -0.25) is 0 Å². The summed E-state index contributed by atoms with van der Waals surface area (Å²) in [7, 11) is 0. The Bertz CT molecular complexity index is 457. The van der Waals surface area contributed by atoms with Gasteiger partial charge in [-0.25, -0.2) is 4.39 Å². The molecule has 0 spiro atoms. The third kappa shape index (κ3) is 2.16. The second kappa shape index (κ2) is 4.14.